The number of nitrogens with zero attached hydrogens (tertiary/aromatic N) is 3. The van der Waals surface area contributed by atoms with E-state index in [0.29, 0.717) is 18.2 Å². The molecule has 0 amide bonds. The third-order valence-corrected chi connectivity index (χ3v) is 4.19. The van der Waals surface area contributed by atoms with Gasteiger partial charge in [-0.25, -0.2) is 13.9 Å². The van der Waals surface area contributed by atoms with Crippen LogP contribution in [0.2, 0.25) is 0 Å². The highest BCUT2D eigenvalue weighted by molar-refractivity contribution is 14.1. The highest BCUT2D eigenvalue weighted by Crippen LogP contribution is 2.28. The Morgan fingerprint density at radius 3 is 3.00 bits per heavy atom. The second kappa shape index (κ2) is 6.69. The van der Waals surface area contributed by atoms with Crippen LogP contribution in [0.3, 0.4) is 0 Å². The van der Waals surface area contributed by atoms with Crippen LogP contribution in [0.25, 0.3) is 5.65 Å². The van der Waals surface area contributed by atoms with Gasteiger partial charge < -0.3 is 10.1 Å². The van der Waals surface area contributed by atoms with Crippen LogP contribution in [-0.2, 0) is 0 Å². The van der Waals surface area contributed by atoms with Crippen LogP contribution < -0.4 is 10.1 Å². The fraction of sp³-hybridized carbons (Fsp3) is 0.250. The van der Waals surface area contributed by atoms with Crippen LogP contribution >= 0.6 is 22.6 Å². The summed E-state index contributed by atoms with van der Waals surface area (Å²) in [5.74, 6) is 1.09. The Balaban J connectivity index is 1.89. The zero-order valence-corrected chi connectivity index (χ0v) is 14.9. The standard InChI is InChI=1S/C16H16FIN4O/c1-3-23-14-5-4-11(17)8-12(14)10(2)20-15-6-7-22-16(21-15)13(18)9-19-22/h4-10H,3H2,1-2H3,(H,20,21). The van der Waals surface area contributed by atoms with Gasteiger partial charge in [0.15, 0.2) is 5.65 Å². The third-order valence-electron chi connectivity index (χ3n) is 3.43. The molecular formula is C16H16FIN4O. The summed E-state index contributed by atoms with van der Waals surface area (Å²) in [6.07, 6.45) is 3.60. The van der Waals surface area contributed by atoms with Crippen LogP contribution in [0.4, 0.5) is 10.2 Å². The van der Waals surface area contributed by atoms with Crippen molar-refractivity contribution in [2.75, 3.05) is 11.9 Å². The molecular weight excluding hydrogens is 410 g/mol. The average molecular weight is 426 g/mol. The smallest absolute Gasteiger partial charge is 0.170 e. The SMILES string of the molecule is CCOc1ccc(F)cc1C(C)Nc1ccn2ncc(I)c2n1. The van der Waals surface area contributed by atoms with Gasteiger partial charge in [-0.2, -0.15) is 5.10 Å². The lowest BCUT2D eigenvalue weighted by atomic mass is 10.1. The van der Waals surface area contributed by atoms with Gasteiger partial charge in [0.25, 0.3) is 0 Å². The molecule has 1 aromatic carbocycles. The Bertz CT molecular complexity index is 836. The Morgan fingerprint density at radius 1 is 1.39 bits per heavy atom. The number of halogens is 2. The van der Waals surface area contributed by atoms with Gasteiger partial charge in [-0.3, -0.25) is 0 Å². The van der Waals surface area contributed by atoms with Gasteiger partial charge in [0, 0.05) is 11.8 Å². The van der Waals surface area contributed by atoms with Crippen molar-refractivity contribution in [1.82, 2.24) is 14.6 Å². The van der Waals surface area contributed by atoms with Gasteiger partial charge in [0.1, 0.15) is 17.4 Å². The molecule has 0 aliphatic carbocycles. The first-order chi connectivity index (χ1) is 11.1. The molecule has 120 valence electrons. The van der Waals surface area contributed by atoms with Gasteiger partial charge in [-0.15, -0.1) is 0 Å². The largest absolute Gasteiger partial charge is 0.494 e. The number of nitrogens with one attached hydrogen (secondary N) is 1. The van der Waals surface area contributed by atoms with Crippen molar-refractivity contribution in [2.24, 2.45) is 0 Å². The first kappa shape index (κ1) is 16.0. The van der Waals surface area contributed by atoms with E-state index in [0.717, 1.165) is 14.8 Å². The maximum absolute atomic E-state index is 13.6. The predicted molar refractivity (Wildman–Crippen MR) is 95.3 cm³/mol. The van der Waals surface area contributed by atoms with Gasteiger partial charge >= 0.3 is 0 Å². The quantitative estimate of drug-likeness (QED) is 0.626. The molecule has 0 fully saturated rings. The molecule has 0 radical (unpaired) electrons. The van der Waals surface area contributed by atoms with Crippen LogP contribution in [0.1, 0.15) is 25.5 Å². The summed E-state index contributed by atoms with van der Waals surface area (Å²) in [6, 6.07) is 6.24. The average Bonchev–Trinajstić information content (AvgIpc) is 2.90. The molecule has 2 heterocycles. The van der Waals surface area contributed by atoms with E-state index < -0.39 is 0 Å². The highest BCUT2D eigenvalue weighted by atomic mass is 127. The lowest BCUT2D eigenvalue weighted by Gasteiger charge is -2.18. The van der Waals surface area contributed by atoms with Crippen molar-refractivity contribution in [3.8, 4) is 5.75 Å². The van der Waals surface area contributed by atoms with Crippen LogP contribution in [0, 0.1) is 9.39 Å². The summed E-state index contributed by atoms with van der Waals surface area (Å²) in [4.78, 5) is 4.55. The van der Waals surface area contributed by atoms with Crippen molar-refractivity contribution in [3.63, 3.8) is 0 Å². The number of ether oxygens (including phenoxy) is 1. The van der Waals surface area contributed by atoms with Crippen molar-refractivity contribution in [2.45, 2.75) is 19.9 Å². The summed E-state index contributed by atoms with van der Waals surface area (Å²) in [7, 11) is 0. The number of rotatable bonds is 5. The topological polar surface area (TPSA) is 51.5 Å². The molecule has 1 N–H and O–H groups in total. The molecule has 0 saturated heterocycles. The molecule has 2 aromatic heterocycles. The zero-order chi connectivity index (χ0) is 16.4. The lowest BCUT2D eigenvalue weighted by Crippen LogP contribution is -2.11. The summed E-state index contributed by atoms with van der Waals surface area (Å²) in [5.41, 5.74) is 1.55. The Morgan fingerprint density at radius 2 is 2.22 bits per heavy atom. The van der Waals surface area contributed by atoms with Crippen molar-refractivity contribution in [1.29, 1.82) is 0 Å². The normalized spacial score (nSPS) is 12.3. The summed E-state index contributed by atoms with van der Waals surface area (Å²) >= 11 is 2.19. The predicted octanol–water partition coefficient (Wildman–Crippen LogP) is 4.04. The van der Waals surface area contributed by atoms with E-state index in [1.807, 2.05) is 26.1 Å². The Hall–Kier alpha value is -1.90. The number of aromatic nitrogens is 3. The second-order valence-electron chi connectivity index (χ2n) is 5.05. The molecule has 3 rings (SSSR count). The van der Waals surface area contributed by atoms with E-state index in [4.69, 9.17) is 4.74 Å². The first-order valence-corrected chi connectivity index (χ1v) is 8.35. The molecule has 1 atom stereocenters. The van der Waals surface area contributed by atoms with Gasteiger partial charge in [0.05, 0.1) is 22.4 Å². The molecule has 0 aliphatic heterocycles. The van der Waals surface area contributed by atoms with E-state index >= 15 is 0 Å². The highest BCUT2D eigenvalue weighted by Gasteiger charge is 2.14. The third kappa shape index (κ3) is 3.39. The van der Waals surface area contributed by atoms with Crippen LogP contribution in [0.5, 0.6) is 5.75 Å². The van der Waals surface area contributed by atoms with E-state index in [2.05, 4.69) is 38.0 Å². The number of fused-ring (bicyclic) bond motifs is 1. The van der Waals surface area contributed by atoms with Gasteiger partial charge in [0.2, 0.25) is 0 Å². The zero-order valence-electron chi connectivity index (χ0n) is 12.8. The monoisotopic (exact) mass is 426 g/mol. The Labute approximate surface area is 147 Å². The number of anilines is 1. The van der Waals surface area contributed by atoms with E-state index in [1.165, 1.54) is 12.1 Å². The summed E-state index contributed by atoms with van der Waals surface area (Å²) in [6.45, 7) is 4.39. The maximum atomic E-state index is 13.6. The molecule has 1 unspecified atom stereocenters. The van der Waals surface area contributed by atoms with E-state index in [-0.39, 0.29) is 11.9 Å². The van der Waals surface area contributed by atoms with E-state index in [1.54, 1.807) is 16.8 Å². The van der Waals surface area contributed by atoms with Gasteiger partial charge in [-0.1, -0.05) is 0 Å². The van der Waals surface area contributed by atoms with E-state index in [9.17, 15) is 4.39 Å². The molecule has 0 aliphatic rings. The molecule has 0 bridgehead atoms. The summed E-state index contributed by atoms with van der Waals surface area (Å²) < 4.78 is 21.9. The molecule has 7 heteroatoms. The fourth-order valence-electron chi connectivity index (χ4n) is 2.37. The van der Waals surface area contributed by atoms with Crippen molar-refractivity contribution < 1.29 is 9.13 Å². The molecule has 0 saturated carbocycles. The summed E-state index contributed by atoms with van der Waals surface area (Å²) in [5, 5.41) is 7.49. The minimum atomic E-state index is -0.286. The first-order valence-electron chi connectivity index (χ1n) is 7.27. The van der Waals surface area contributed by atoms with Crippen LogP contribution in [-0.4, -0.2) is 21.2 Å². The number of hydrogen-bond acceptors (Lipinski definition) is 4. The number of benzene rings is 1. The molecule has 0 spiro atoms. The Kier molecular flexibility index (Phi) is 4.65. The second-order valence-corrected chi connectivity index (χ2v) is 6.22. The maximum Gasteiger partial charge on any atom is 0.170 e. The molecule has 3 aromatic rings. The minimum absolute atomic E-state index is 0.150. The van der Waals surface area contributed by atoms with Crippen molar-refractivity contribution >= 4 is 34.1 Å². The van der Waals surface area contributed by atoms with Gasteiger partial charge in [-0.05, 0) is 60.7 Å². The molecule has 5 nitrogen and oxygen atoms in total. The minimum Gasteiger partial charge on any atom is -0.494 e. The van der Waals surface area contributed by atoms with Crippen molar-refractivity contribution in [3.05, 3.63) is 51.6 Å². The fourth-order valence-corrected chi connectivity index (χ4v) is 2.86. The molecule has 23 heavy (non-hydrogen) atoms. The van der Waals surface area contributed by atoms with Crippen LogP contribution in [0.15, 0.2) is 36.7 Å². The lowest BCUT2D eigenvalue weighted by molar-refractivity contribution is 0.334. The number of hydrogen-bond donors (Lipinski definition) is 1.